The van der Waals surface area contributed by atoms with Gasteiger partial charge in [0.05, 0.1) is 0 Å². The van der Waals surface area contributed by atoms with Gasteiger partial charge in [-0.3, -0.25) is 0 Å². The van der Waals surface area contributed by atoms with Crippen molar-refractivity contribution in [2.45, 2.75) is 32.1 Å². The zero-order valence-corrected chi connectivity index (χ0v) is 6.47. The number of allylic oxidation sites excluding steroid dienone is 2. The van der Waals surface area contributed by atoms with E-state index in [0.29, 0.717) is 0 Å². The molecule has 0 rings (SSSR count). The van der Waals surface area contributed by atoms with Crippen molar-refractivity contribution in [1.29, 1.82) is 0 Å². The van der Waals surface area contributed by atoms with Crippen LogP contribution in [0.2, 0.25) is 0 Å². The maximum Gasteiger partial charge on any atom is -0.0162 e. The summed E-state index contributed by atoms with van der Waals surface area (Å²) < 4.78 is 0. The fraction of sp³-hybridized carbons (Fsp3) is 0.500. The van der Waals surface area contributed by atoms with Gasteiger partial charge in [-0.25, -0.2) is 0 Å². The Balaban J connectivity index is 2.92. The van der Waals surface area contributed by atoms with E-state index in [-0.39, 0.29) is 0 Å². The van der Waals surface area contributed by atoms with Crippen molar-refractivity contribution in [3.05, 3.63) is 19.1 Å². The SMILES string of the molecule is C#C/C=C/CCCCC[CH2]. The molecule has 0 aromatic rings. The maximum atomic E-state index is 5.02. The summed E-state index contributed by atoms with van der Waals surface area (Å²) in [6.45, 7) is 3.77. The highest BCUT2D eigenvalue weighted by atomic mass is 13.9. The molecular weight excluding hydrogens is 120 g/mol. The Morgan fingerprint density at radius 3 is 2.70 bits per heavy atom. The molecule has 0 unspecified atom stereocenters. The van der Waals surface area contributed by atoms with Crippen LogP contribution in [0.4, 0.5) is 0 Å². The molecule has 0 saturated heterocycles. The summed E-state index contributed by atoms with van der Waals surface area (Å²) in [4.78, 5) is 0. The minimum absolute atomic E-state index is 1.05. The summed E-state index contributed by atoms with van der Waals surface area (Å²) >= 11 is 0. The van der Waals surface area contributed by atoms with E-state index in [1.54, 1.807) is 6.08 Å². The van der Waals surface area contributed by atoms with E-state index in [4.69, 9.17) is 6.42 Å². The van der Waals surface area contributed by atoms with E-state index in [2.05, 4.69) is 12.8 Å². The quantitative estimate of drug-likeness (QED) is 0.401. The van der Waals surface area contributed by atoms with Crippen LogP contribution in [-0.4, -0.2) is 0 Å². The second-order valence-corrected chi connectivity index (χ2v) is 2.27. The van der Waals surface area contributed by atoms with E-state index in [0.717, 1.165) is 12.8 Å². The molecule has 55 valence electrons. The first-order valence-corrected chi connectivity index (χ1v) is 3.82. The molecule has 0 amide bonds. The van der Waals surface area contributed by atoms with E-state index >= 15 is 0 Å². The van der Waals surface area contributed by atoms with Crippen molar-refractivity contribution in [1.82, 2.24) is 0 Å². The molecule has 0 aromatic carbocycles. The molecule has 0 heteroatoms. The summed E-state index contributed by atoms with van der Waals surface area (Å²) in [5.41, 5.74) is 0. The van der Waals surface area contributed by atoms with Crippen molar-refractivity contribution >= 4 is 0 Å². The number of unbranched alkanes of at least 4 members (excludes halogenated alkanes) is 4. The highest BCUT2D eigenvalue weighted by Gasteiger charge is 1.82. The fourth-order valence-corrected chi connectivity index (χ4v) is 0.767. The fourth-order valence-electron chi connectivity index (χ4n) is 0.767. The summed E-state index contributed by atoms with van der Waals surface area (Å²) in [5.74, 6) is 2.47. The van der Waals surface area contributed by atoms with Crippen LogP contribution in [0, 0.1) is 19.3 Å². The third-order valence-corrected chi connectivity index (χ3v) is 1.33. The van der Waals surface area contributed by atoms with Crippen LogP contribution in [0.25, 0.3) is 0 Å². The predicted octanol–water partition coefficient (Wildman–Crippen LogP) is 2.96. The Morgan fingerprint density at radius 1 is 1.30 bits per heavy atom. The van der Waals surface area contributed by atoms with Crippen LogP contribution < -0.4 is 0 Å². The van der Waals surface area contributed by atoms with Gasteiger partial charge in [0.25, 0.3) is 0 Å². The molecule has 0 aliphatic carbocycles. The Bertz CT molecular complexity index is 114. The average Bonchev–Trinajstić information content (AvgIpc) is 1.97. The van der Waals surface area contributed by atoms with Gasteiger partial charge >= 0.3 is 0 Å². The monoisotopic (exact) mass is 135 g/mol. The van der Waals surface area contributed by atoms with E-state index in [1.165, 1.54) is 19.3 Å². The molecule has 0 aliphatic rings. The summed E-state index contributed by atoms with van der Waals surface area (Å²) in [6, 6.07) is 0. The molecule has 1 radical (unpaired) electrons. The standard InChI is InChI=1S/C10H15/c1-3-5-7-9-10-8-6-4-2/h1,5,7H,2,4,6,8-10H2/b7-5+. The number of hydrogen-bond donors (Lipinski definition) is 0. The van der Waals surface area contributed by atoms with Crippen LogP contribution >= 0.6 is 0 Å². The zero-order chi connectivity index (χ0) is 7.66. The smallest absolute Gasteiger partial charge is 0.0162 e. The molecule has 0 heterocycles. The number of rotatable bonds is 5. The van der Waals surface area contributed by atoms with Crippen molar-refractivity contribution in [3.63, 3.8) is 0 Å². The number of hydrogen-bond acceptors (Lipinski definition) is 0. The van der Waals surface area contributed by atoms with Crippen molar-refractivity contribution in [2.24, 2.45) is 0 Å². The molecule has 0 N–H and O–H groups in total. The highest BCUT2D eigenvalue weighted by Crippen LogP contribution is 2.01. The van der Waals surface area contributed by atoms with Gasteiger partial charge in [-0.1, -0.05) is 38.2 Å². The minimum atomic E-state index is 1.05. The Labute approximate surface area is 64.3 Å². The Kier molecular flexibility index (Phi) is 7.72. The lowest BCUT2D eigenvalue weighted by Crippen LogP contribution is -1.73. The molecule has 0 spiro atoms. The highest BCUT2D eigenvalue weighted by molar-refractivity contribution is 5.08. The second kappa shape index (κ2) is 8.30. The van der Waals surface area contributed by atoms with Crippen molar-refractivity contribution < 1.29 is 0 Å². The van der Waals surface area contributed by atoms with Gasteiger partial charge in [-0.2, -0.15) is 0 Å². The van der Waals surface area contributed by atoms with Crippen LogP contribution in [0.3, 0.4) is 0 Å². The van der Waals surface area contributed by atoms with Gasteiger partial charge in [0.1, 0.15) is 0 Å². The van der Waals surface area contributed by atoms with E-state index in [9.17, 15) is 0 Å². The molecule has 0 atom stereocenters. The van der Waals surface area contributed by atoms with Crippen molar-refractivity contribution in [2.75, 3.05) is 0 Å². The van der Waals surface area contributed by atoms with Gasteiger partial charge < -0.3 is 0 Å². The topological polar surface area (TPSA) is 0 Å². The molecule has 10 heavy (non-hydrogen) atoms. The van der Waals surface area contributed by atoms with Gasteiger partial charge in [0.15, 0.2) is 0 Å². The third kappa shape index (κ3) is 7.30. The lowest BCUT2D eigenvalue weighted by atomic mass is 10.1. The predicted molar refractivity (Wildman–Crippen MR) is 46.4 cm³/mol. The van der Waals surface area contributed by atoms with E-state index < -0.39 is 0 Å². The average molecular weight is 135 g/mol. The van der Waals surface area contributed by atoms with Crippen LogP contribution in [0.1, 0.15) is 32.1 Å². The molecule has 0 aromatic heterocycles. The van der Waals surface area contributed by atoms with Crippen molar-refractivity contribution in [3.8, 4) is 12.3 Å². The Morgan fingerprint density at radius 2 is 2.10 bits per heavy atom. The summed E-state index contributed by atoms with van der Waals surface area (Å²) in [6.07, 6.45) is 14.8. The first kappa shape index (κ1) is 9.30. The lowest BCUT2D eigenvalue weighted by molar-refractivity contribution is 0.695. The molecule has 0 saturated carbocycles. The van der Waals surface area contributed by atoms with Gasteiger partial charge in [0.2, 0.25) is 0 Å². The maximum absolute atomic E-state index is 5.02. The second-order valence-electron chi connectivity index (χ2n) is 2.27. The van der Waals surface area contributed by atoms with Crippen LogP contribution in [0.5, 0.6) is 0 Å². The molecule has 0 fully saturated rings. The zero-order valence-electron chi connectivity index (χ0n) is 6.47. The first-order chi connectivity index (χ1) is 4.91. The molecule has 0 nitrogen and oxygen atoms in total. The molecule has 0 aliphatic heterocycles. The lowest BCUT2D eigenvalue weighted by Gasteiger charge is -1.92. The minimum Gasteiger partial charge on any atom is -0.115 e. The van der Waals surface area contributed by atoms with E-state index in [1.807, 2.05) is 6.08 Å². The van der Waals surface area contributed by atoms with Gasteiger partial charge in [0, 0.05) is 0 Å². The Hall–Kier alpha value is -0.700. The molecule has 0 bridgehead atoms. The van der Waals surface area contributed by atoms with Gasteiger partial charge in [-0.05, 0) is 18.9 Å². The third-order valence-electron chi connectivity index (χ3n) is 1.33. The van der Waals surface area contributed by atoms with Crippen LogP contribution in [0.15, 0.2) is 12.2 Å². The number of terminal acetylenes is 1. The first-order valence-electron chi connectivity index (χ1n) is 3.82. The van der Waals surface area contributed by atoms with Gasteiger partial charge in [-0.15, -0.1) is 6.42 Å². The largest absolute Gasteiger partial charge is 0.115 e. The summed E-state index contributed by atoms with van der Waals surface area (Å²) in [5, 5.41) is 0. The van der Waals surface area contributed by atoms with Crippen LogP contribution in [-0.2, 0) is 0 Å². The molecular formula is C10H15. The summed E-state index contributed by atoms with van der Waals surface area (Å²) in [7, 11) is 0. The normalized spacial score (nSPS) is 10.0.